The van der Waals surface area contributed by atoms with E-state index in [0.717, 1.165) is 22.4 Å². The normalized spacial score (nSPS) is 11.3. The van der Waals surface area contributed by atoms with E-state index in [-0.39, 0.29) is 12.3 Å². The Morgan fingerprint density at radius 2 is 1.76 bits per heavy atom. The second-order valence-electron chi connectivity index (χ2n) is 4.87. The molecule has 4 nitrogen and oxygen atoms in total. The van der Waals surface area contributed by atoms with Gasteiger partial charge in [0.25, 0.3) is 0 Å². The van der Waals surface area contributed by atoms with Crippen molar-refractivity contribution < 1.29 is 13.2 Å². The molecule has 0 spiro atoms. The summed E-state index contributed by atoms with van der Waals surface area (Å²) in [5.74, 6) is 0.786. The van der Waals surface area contributed by atoms with Crippen LogP contribution < -0.4 is 9.46 Å². The van der Waals surface area contributed by atoms with Crippen LogP contribution in [0.25, 0.3) is 0 Å². The van der Waals surface area contributed by atoms with Gasteiger partial charge in [-0.3, -0.25) is 0 Å². The van der Waals surface area contributed by atoms with Gasteiger partial charge in [-0.15, -0.1) is 0 Å². The molecule has 2 rings (SSSR count). The number of sulfonamides is 1. The highest BCUT2D eigenvalue weighted by Gasteiger charge is 2.11. The van der Waals surface area contributed by atoms with Crippen molar-refractivity contribution in [2.45, 2.75) is 19.2 Å². The van der Waals surface area contributed by atoms with Gasteiger partial charge < -0.3 is 4.74 Å². The Hall–Kier alpha value is -1.85. The van der Waals surface area contributed by atoms with Gasteiger partial charge in [0.2, 0.25) is 10.0 Å². The molecule has 0 radical (unpaired) electrons. The molecule has 0 unspecified atom stereocenters. The van der Waals surface area contributed by atoms with E-state index in [0.29, 0.717) is 0 Å². The summed E-state index contributed by atoms with van der Waals surface area (Å²) in [6.45, 7) is 2.21. The second kappa shape index (κ2) is 6.74. The van der Waals surface area contributed by atoms with Gasteiger partial charge in [0.1, 0.15) is 5.75 Å². The van der Waals surface area contributed by atoms with Crippen LogP contribution in [0.4, 0.5) is 0 Å². The first-order valence-electron chi connectivity index (χ1n) is 6.65. The van der Waals surface area contributed by atoms with Crippen LogP contribution >= 0.6 is 0 Å². The van der Waals surface area contributed by atoms with Crippen molar-refractivity contribution in [1.29, 1.82) is 0 Å². The molecule has 5 heteroatoms. The first-order chi connectivity index (χ1) is 10.00. The van der Waals surface area contributed by atoms with E-state index in [4.69, 9.17) is 4.74 Å². The zero-order valence-electron chi connectivity index (χ0n) is 12.2. The Balaban J connectivity index is 2.00. The maximum absolute atomic E-state index is 12.0. The fourth-order valence-corrected chi connectivity index (χ4v) is 3.21. The Labute approximate surface area is 125 Å². The van der Waals surface area contributed by atoms with E-state index in [1.807, 2.05) is 43.3 Å². The fourth-order valence-electron chi connectivity index (χ4n) is 2.09. The van der Waals surface area contributed by atoms with Crippen LogP contribution in [-0.4, -0.2) is 15.5 Å². The number of benzene rings is 2. The van der Waals surface area contributed by atoms with Crippen LogP contribution in [0.2, 0.25) is 0 Å². The van der Waals surface area contributed by atoms with E-state index in [1.54, 1.807) is 19.2 Å². The molecule has 0 saturated carbocycles. The second-order valence-corrected chi connectivity index (χ2v) is 6.68. The number of hydrogen-bond donors (Lipinski definition) is 1. The number of rotatable bonds is 6. The molecule has 0 bridgehead atoms. The van der Waals surface area contributed by atoms with E-state index in [1.165, 1.54) is 0 Å². The molecular formula is C16H19NO3S. The Morgan fingerprint density at radius 3 is 2.38 bits per heavy atom. The molecule has 0 aliphatic carbocycles. The maximum atomic E-state index is 12.0. The summed E-state index contributed by atoms with van der Waals surface area (Å²) in [6.07, 6.45) is 0. The van der Waals surface area contributed by atoms with Gasteiger partial charge in [-0.2, -0.15) is 0 Å². The summed E-state index contributed by atoms with van der Waals surface area (Å²) in [4.78, 5) is 0. The highest BCUT2D eigenvalue weighted by Crippen LogP contribution is 2.18. The number of ether oxygens (including phenoxy) is 1. The minimum absolute atomic E-state index is 0.0109. The van der Waals surface area contributed by atoms with Crippen molar-refractivity contribution >= 4 is 10.0 Å². The lowest BCUT2D eigenvalue weighted by Gasteiger charge is -2.09. The zero-order valence-corrected chi connectivity index (χ0v) is 13.0. The number of hydrogen-bond acceptors (Lipinski definition) is 3. The highest BCUT2D eigenvalue weighted by atomic mass is 32.2. The van der Waals surface area contributed by atoms with Crippen molar-refractivity contribution in [2.24, 2.45) is 0 Å². The third-order valence-electron chi connectivity index (χ3n) is 3.15. The third-order valence-corrected chi connectivity index (χ3v) is 4.45. The average molecular weight is 305 g/mol. The van der Waals surface area contributed by atoms with Crippen LogP contribution in [0.5, 0.6) is 5.75 Å². The van der Waals surface area contributed by atoms with Crippen LogP contribution in [0.15, 0.2) is 48.5 Å². The van der Waals surface area contributed by atoms with Crippen molar-refractivity contribution in [2.75, 3.05) is 7.11 Å². The number of aryl methyl sites for hydroxylation is 1. The molecule has 0 saturated heterocycles. The van der Waals surface area contributed by atoms with E-state index in [9.17, 15) is 8.42 Å². The molecule has 0 aliphatic heterocycles. The topological polar surface area (TPSA) is 55.4 Å². The van der Waals surface area contributed by atoms with Gasteiger partial charge >= 0.3 is 0 Å². The van der Waals surface area contributed by atoms with Gasteiger partial charge in [-0.1, -0.05) is 42.5 Å². The molecule has 0 fully saturated rings. The van der Waals surface area contributed by atoms with Crippen LogP contribution in [-0.2, 0) is 22.3 Å². The molecular weight excluding hydrogens is 286 g/mol. The van der Waals surface area contributed by atoms with Crippen LogP contribution in [0.1, 0.15) is 16.7 Å². The predicted octanol–water partition coefficient (Wildman–Crippen LogP) is 2.62. The fraction of sp³-hybridized carbons (Fsp3) is 0.250. The van der Waals surface area contributed by atoms with Gasteiger partial charge in [-0.25, -0.2) is 13.1 Å². The van der Waals surface area contributed by atoms with Crippen LogP contribution in [0, 0.1) is 6.92 Å². The quantitative estimate of drug-likeness (QED) is 0.892. The molecule has 0 aliphatic rings. The average Bonchev–Trinajstić information content (AvgIpc) is 2.46. The lowest BCUT2D eigenvalue weighted by molar-refractivity contribution is 0.411. The summed E-state index contributed by atoms with van der Waals surface area (Å²) in [7, 11) is -1.73. The smallest absolute Gasteiger partial charge is 0.216 e. The molecule has 21 heavy (non-hydrogen) atoms. The first-order valence-corrected chi connectivity index (χ1v) is 8.30. The SMILES string of the molecule is COc1ccc(CNS(=O)(=O)Cc2ccccc2)cc1C. The Bertz CT molecular complexity index is 697. The van der Waals surface area contributed by atoms with E-state index >= 15 is 0 Å². The molecule has 0 aromatic heterocycles. The summed E-state index contributed by atoms with van der Waals surface area (Å²) in [6, 6.07) is 14.8. The largest absolute Gasteiger partial charge is 0.496 e. The molecule has 1 N–H and O–H groups in total. The molecule has 0 atom stereocenters. The summed E-state index contributed by atoms with van der Waals surface area (Å²) in [5, 5.41) is 0. The number of methoxy groups -OCH3 is 1. The molecule has 0 amide bonds. The molecule has 112 valence electrons. The Kier molecular flexibility index (Phi) is 4.98. The standard InChI is InChI=1S/C16H19NO3S/c1-13-10-15(8-9-16(13)20-2)11-17-21(18,19)12-14-6-4-3-5-7-14/h3-10,17H,11-12H2,1-2H3. The van der Waals surface area contributed by atoms with Gasteiger partial charge in [0.05, 0.1) is 12.9 Å². The number of nitrogens with one attached hydrogen (secondary N) is 1. The van der Waals surface area contributed by atoms with Crippen molar-refractivity contribution in [3.8, 4) is 5.75 Å². The lowest BCUT2D eigenvalue weighted by atomic mass is 10.1. The first kappa shape index (κ1) is 15.5. The summed E-state index contributed by atoms with van der Waals surface area (Å²) < 4.78 is 31.9. The van der Waals surface area contributed by atoms with Crippen molar-refractivity contribution in [3.63, 3.8) is 0 Å². The van der Waals surface area contributed by atoms with Crippen LogP contribution in [0.3, 0.4) is 0 Å². The van der Waals surface area contributed by atoms with Gasteiger partial charge in [0, 0.05) is 6.54 Å². The van der Waals surface area contributed by atoms with Gasteiger partial charge in [0.15, 0.2) is 0 Å². The summed E-state index contributed by atoms with van der Waals surface area (Å²) in [5.41, 5.74) is 2.66. The lowest BCUT2D eigenvalue weighted by Crippen LogP contribution is -2.24. The van der Waals surface area contributed by atoms with Crippen molar-refractivity contribution in [1.82, 2.24) is 4.72 Å². The van der Waals surface area contributed by atoms with E-state index in [2.05, 4.69) is 4.72 Å². The molecule has 2 aromatic carbocycles. The van der Waals surface area contributed by atoms with E-state index < -0.39 is 10.0 Å². The van der Waals surface area contributed by atoms with Gasteiger partial charge in [-0.05, 0) is 29.7 Å². The maximum Gasteiger partial charge on any atom is 0.216 e. The summed E-state index contributed by atoms with van der Waals surface area (Å²) >= 11 is 0. The minimum atomic E-state index is -3.34. The monoisotopic (exact) mass is 305 g/mol. The zero-order chi connectivity index (χ0) is 15.3. The minimum Gasteiger partial charge on any atom is -0.496 e. The predicted molar refractivity (Wildman–Crippen MR) is 83.6 cm³/mol. The molecule has 2 aromatic rings. The Morgan fingerprint density at radius 1 is 1.05 bits per heavy atom. The third kappa shape index (κ3) is 4.58. The highest BCUT2D eigenvalue weighted by molar-refractivity contribution is 7.88. The molecule has 0 heterocycles. The van der Waals surface area contributed by atoms with Crippen molar-refractivity contribution in [3.05, 3.63) is 65.2 Å².